The predicted octanol–water partition coefficient (Wildman–Crippen LogP) is 2.14. The van der Waals surface area contributed by atoms with Crippen LogP contribution in [-0.4, -0.2) is 38.0 Å². The molecule has 1 atom stereocenters. The standard InChI is InChI=1S/C12H24NO5P/c1-10(2)11(14)15-6-8-17-19(13)18-9-7-16-12(3,4)5/h1,6-9,13H2,2-5H3. The van der Waals surface area contributed by atoms with Gasteiger partial charge >= 0.3 is 5.97 Å². The van der Waals surface area contributed by atoms with Gasteiger partial charge in [-0.2, -0.15) is 0 Å². The summed E-state index contributed by atoms with van der Waals surface area (Å²) in [4.78, 5) is 11.0. The minimum atomic E-state index is -1.47. The quantitative estimate of drug-likeness (QED) is 0.304. The Kier molecular flexibility index (Phi) is 9.14. The van der Waals surface area contributed by atoms with Crippen LogP contribution >= 0.6 is 8.53 Å². The molecule has 0 rings (SSSR count). The Bertz CT molecular complexity index is 290. The van der Waals surface area contributed by atoms with Crippen molar-refractivity contribution in [3.05, 3.63) is 12.2 Å². The van der Waals surface area contributed by atoms with Gasteiger partial charge in [-0.3, -0.25) is 5.50 Å². The molecule has 7 heteroatoms. The first-order chi connectivity index (χ1) is 8.72. The molecule has 6 nitrogen and oxygen atoms in total. The monoisotopic (exact) mass is 293 g/mol. The Labute approximate surface area is 116 Å². The topological polar surface area (TPSA) is 80.0 Å². The second kappa shape index (κ2) is 9.39. The second-order valence-electron chi connectivity index (χ2n) is 4.83. The fourth-order valence-electron chi connectivity index (χ4n) is 0.897. The SMILES string of the molecule is C=C(C)C(=O)OCCOP(N)OCCOC(C)(C)C. The lowest BCUT2D eigenvalue weighted by atomic mass is 10.2. The highest BCUT2D eigenvalue weighted by molar-refractivity contribution is 7.44. The largest absolute Gasteiger partial charge is 0.460 e. The number of rotatable bonds is 9. The summed E-state index contributed by atoms with van der Waals surface area (Å²) in [6, 6.07) is 0. The maximum Gasteiger partial charge on any atom is 0.333 e. The van der Waals surface area contributed by atoms with Gasteiger partial charge in [0.2, 0.25) is 0 Å². The van der Waals surface area contributed by atoms with Crippen LogP contribution in [0.3, 0.4) is 0 Å². The van der Waals surface area contributed by atoms with Crippen molar-refractivity contribution in [1.29, 1.82) is 0 Å². The van der Waals surface area contributed by atoms with Gasteiger partial charge in [0.15, 0.2) is 0 Å². The lowest BCUT2D eigenvalue weighted by Crippen LogP contribution is -2.21. The van der Waals surface area contributed by atoms with Crippen LogP contribution < -0.4 is 5.50 Å². The van der Waals surface area contributed by atoms with Gasteiger partial charge in [0.1, 0.15) is 6.61 Å². The molecule has 0 aromatic rings. The molecule has 112 valence electrons. The first kappa shape index (κ1) is 18.5. The predicted molar refractivity (Wildman–Crippen MR) is 74.5 cm³/mol. The normalized spacial score (nSPS) is 13.1. The van der Waals surface area contributed by atoms with Crippen molar-refractivity contribution in [2.45, 2.75) is 33.3 Å². The lowest BCUT2D eigenvalue weighted by molar-refractivity contribution is -0.139. The molecule has 19 heavy (non-hydrogen) atoms. The molecule has 0 radical (unpaired) electrons. The van der Waals surface area contributed by atoms with Crippen molar-refractivity contribution < 1.29 is 23.3 Å². The summed E-state index contributed by atoms with van der Waals surface area (Å²) in [5.41, 5.74) is 5.76. The van der Waals surface area contributed by atoms with Crippen molar-refractivity contribution in [2.24, 2.45) is 5.50 Å². The molecule has 0 saturated carbocycles. The Hall–Kier alpha value is -0.520. The summed E-state index contributed by atoms with van der Waals surface area (Å²) in [5.74, 6) is -0.440. The second-order valence-corrected chi connectivity index (χ2v) is 5.92. The van der Waals surface area contributed by atoms with Gasteiger partial charge in [-0.05, 0) is 27.7 Å². The van der Waals surface area contributed by atoms with E-state index in [-0.39, 0.29) is 18.8 Å². The van der Waals surface area contributed by atoms with E-state index in [4.69, 9.17) is 24.0 Å². The van der Waals surface area contributed by atoms with Gasteiger partial charge in [-0.1, -0.05) is 6.58 Å². The zero-order valence-electron chi connectivity index (χ0n) is 12.1. The van der Waals surface area contributed by atoms with Crippen molar-refractivity contribution in [1.82, 2.24) is 0 Å². The third-order valence-corrected chi connectivity index (χ3v) is 2.59. The van der Waals surface area contributed by atoms with Crippen LogP contribution in [0.1, 0.15) is 27.7 Å². The number of hydrogen-bond acceptors (Lipinski definition) is 6. The highest BCUT2D eigenvalue weighted by atomic mass is 31.2. The lowest BCUT2D eigenvalue weighted by Gasteiger charge is -2.20. The van der Waals surface area contributed by atoms with Crippen LogP contribution in [0.2, 0.25) is 0 Å². The van der Waals surface area contributed by atoms with Gasteiger partial charge < -0.3 is 18.5 Å². The zero-order chi connectivity index (χ0) is 14.9. The van der Waals surface area contributed by atoms with E-state index in [0.29, 0.717) is 18.8 Å². The summed E-state index contributed by atoms with van der Waals surface area (Å²) in [5, 5.41) is 0. The molecule has 0 fully saturated rings. The maximum absolute atomic E-state index is 11.0. The Morgan fingerprint density at radius 3 is 2.16 bits per heavy atom. The molecule has 0 spiro atoms. The highest BCUT2D eigenvalue weighted by Crippen LogP contribution is 2.27. The van der Waals surface area contributed by atoms with Crippen molar-refractivity contribution >= 4 is 14.5 Å². The number of esters is 1. The third-order valence-electron chi connectivity index (χ3n) is 1.72. The minimum Gasteiger partial charge on any atom is -0.460 e. The van der Waals surface area contributed by atoms with Gasteiger partial charge in [-0.15, -0.1) is 0 Å². The van der Waals surface area contributed by atoms with Crippen LogP contribution in [0, 0.1) is 0 Å². The summed E-state index contributed by atoms with van der Waals surface area (Å²) in [6.45, 7) is 12.1. The molecule has 0 aliphatic rings. The molecule has 0 amide bonds. The fraction of sp³-hybridized carbons (Fsp3) is 0.750. The first-order valence-electron chi connectivity index (χ1n) is 5.99. The van der Waals surface area contributed by atoms with E-state index in [1.54, 1.807) is 6.92 Å². The Morgan fingerprint density at radius 2 is 1.68 bits per heavy atom. The number of hydrogen-bond donors (Lipinski definition) is 1. The van der Waals surface area contributed by atoms with E-state index in [0.717, 1.165) is 0 Å². The summed E-state index contributed by atoms with van der Waals surface area (Å²) < 4.78 is 20.7. The fourth-order valence-corrected chi connectivity index (χ4v) is 1.48. The van der Waals surface area contributed by atoms with Crippen LogP contribution in [0.4, 0.5) is 0 Å². The van der Waals surface area contributed by atoms with Gasteiger partial charge in [0.05, 0.1) is 25.4 Å². The summed E-state index contributed by atoms with van der Waals surface area (Å²) in [6.07, 6.45) is 0. The summed E-state index contributed by atoms with van der Waals surface area (Å²) >= 11 is 0. The van der Waals surface area contributed by atoms with Crippen molar-refractivity contribution in [3.8, 4) is 0 Å². The third kappa shape index (κ3) is 12.3. The van der Waals surface area contributed by atoms with Gasteiger partial charge in [0, 0.05) is 5.57 Å². The molecule has 0 bridgehead atoms. The van der Waals surface area contributed by atoms with Crippen molar-refractivity contribution in [2.75, 3.05) is 26.4 Å². The molecule has 0 saturated heterocycles. The van der Waals surface area contributed by atoms with E-state index in [9.17, 15) is 4.79 Å². The molecule has 0 aliphatic heterocycles. The van der Waals surface area contributed by atoms with Crippen molar-refractivity contribution in [3.63, 3.8) is 0 Å². The molecule has 0 aromatic carbocycles. The molecular formula is C12H24NO5P. The Morgan fingerprint density at radius 1 is 1.16 bits per heavy atom. The number of carbonyl (C=O) groups is 1. The molecule has 0 aliphatic carbocycles. The van der Waals surface area contributed by atoms with Crippen LogP contribution in [-0.2, 0) is 23.3 Å². The van der Waals surface area contributed by atoms with Gasteiger partial charge in [-0.25, -0.2) is 4.79 Å². The molecular weight excluding hydrogens is 269 g/mol. The number of nitrogens with two attached hydrogens (primary N) is 1. The average molecular weight is 293 g/mol. The number of carbonyl (C=O) groups excluding carboxylic acids is 1. The summed E-state index contributed by atoms with van der Waals surface area (Å²) in [7, 11) is -1.47. The first-order valence-corrected chi connectivity index (χ1v) is 7.24. The smallest absolute Gasteiger partial charge is 0.333 e. The Balaban J connectivity index is 3.47. The minimum absolute atomic E-state index is 0.129. The highest BCUT2D eigenvalue weighted by Gasteiger charge is 2.11. The van der Waals surface area contributed by atoms with Crippen LogP contribution in [0.15, 0.2) is 12.2 Å². The number of ether oxygens (including phenoxy) is 2. The van der Waals surface area contributed by atoms with E-state index >= 15 is 0 Å². The average Bonchev–Trinajstić information content (AvgIpc) is 2.28. The zero-order valence-corrected chi connectivity index (χ0v) is 13.0. The molecule has 0 heterocycles. The van der Waals surface area contributed by atoms with E-state index < -0.39 is 14.5 Å². The van der Waals surface area contributed by atoms with Crippen LogP contribution in [0.5, 0.6) is 0 Å². The maximum atomic E-state index is 11.0. The van der Waals surface area contributed by atoms with E-state index in [1.165, 1.54) is 0 Å². The van der Waals surface area contributed by atoms with Gasteiger partial charge in [0.25, 0.3) is 8.53 Å². The van der Waals surface area contributed by atoms with Crippen LogP contribution in [0.25, 0.3) is 0 Å². The molecule has 1 unspecified atom stereocenters. The molecule has 0 aromatic heterocycles. The molecule has 2 N–H and O–H groups in total. The van der Waals surface area contributed by atoms with E-state index in [1.807, 2.05) is 20.8 Å². The van der Waals surface area contributed by atoms with E-state index in [2.05, 4.69) is 6.58 Å².